The Morgan fingerprint density at radius 1 is 0.484 bits per heavy atom. The van der Waals surface area contributed by atoms with E-state index >= 15 is 0 Å². The molecular formula is C54H55F4NO3. The highest BCUT2D eigenvalue weighted by Crippen LogP contribution is 2.37. The number of ether oxygens (including phenoxy) is 3. The Morgan fingerprint density at radius 3 is 1.34 bits per heavy atom. The van der Waals surface area contributed by atoms with E-state index in [1.807, 2.05) is 84.9 Å². The van der Waals surface area contributed by atoms with Crippen LogP contribution in [-0.4, -0.2) is 33.5 Å². The zero-order chi connectivity index (χ0) is 44.2. The number of methoxy groups -OCH3 is 3. The van der Waals surface area contributed by atoms with Gasteiger partial charge >= 0.3 is 0 Å². The molecule has 0 atom stereocenters. The van der Waals surface area contributed by atoms with Gasteiger partial charge in [0.15, 0.2) is 11.6 Å². The van der Waals surface area contributed by atoms with Gasteiger partial charge in [0.1, 0.15) is 17.4 Å². The van der Waals surface area contributed by atoms with Crippen molar-refractivity contribution in [3.63, 3.8) is 0 Å². The van der Waals surface area contributed by atoms with Crippen molar-refractivity contribution >= 4 is 0 Å². The third-order valence-corrected chi connectivity index (χ3v) is 12.4. The van der Waals surface area contributed by atoms with Crippen LogP contribution >= 0.6 is 0 Å². The van der Waals surface area contributed by atoms with Crippen molar-refractivity contribution in [2.75, 3.05) is 21.3 Å². The lowest BCUT2D eigenvalue weighted by molar-refractivity contribution is 0.0658. The predicted molar refractivity (Wildman–Crippen MR) is 240 cm³/mol. The van der Waals surface area contributed by atoms with Gasteiger partial charge in [0.25, 0.3) is 0 Å². The number of hydrogen-bond acceptors (Lipinski definition) is 4. The molecular weight excluding hydrogens is 787 g/mol. The van der Waals surface area contributed by atoms with E-state index < -0.39 is 23.3 Å². The van der Waals surface area contributed by atoms with Crippen LogP contribution in [0.2, 0.25) is 0 Å². The van der Waals surface area contributed by atoms with E-state index in [9.17, 15) is 17.6 Å². The Kier molecular flexibility index (Phi) is 16.1. The summed E-state index contributed by atoms with van der Waals surface area (Å²) >= 11 is 0. The highest BCUT2D eigenvalue weighted by molar-refractivity contribution is 5.67. The van der Waals surface area contributed by atoms with Crippen molar-refractivity contribution in [1.82, 2.24) is 0 Å². The summed E-state index contributed by atoms with van der Waals surface area (Å²) in [6, 6.07) is 39.5. The second kappa shape index (κ2) is 21.9. The van der Waals surface area contributed by atoms with E-state index in [0.717, 1.165) is 79.4 Å². The summed E-state index contributed by atoms with van der Waals surface area (Å²) in [6.45, 7) is 3.02. The van der Waals surface area contributed by atoms with Gasteiger partial charge in [-0.15, -0.1) is 0 Å². The fourth-order valence-corrected chi connectivity index (χ4v) is 8.35. The topological polar surface area (TPSA) is 51.5 Å². The highest BCUT2D eigenvalue weighted by atomic mass is 19.2. The molecule has 0 aromatic heterocycles. The SMILES string of the molecule is COC1CCC(c2ccc(-c3cc(F)c(C)c(F)c3)cc2)CC1.COC1CCC(c2ccc(-c3ccc(C)c(F)c3F)cc2)CC1.COc1ccc(-c2ccc(C#N)cc2)cc1. The Hall–Kier alpha value is -5.75. The molecule has 6 aromatic carbocycles. The smallest absolute Gasteiger partial charge is 0.166 e. The summed E-state index contributed by atoms with van der Waals surface area (Å²) in [6.07, 6.45) is 9.63. The largest absolute Gasteiger partial charge is 0.497 e. The Bertz CT molecular complexity index is 2370. The number of hydrogen-bond donors (Lipinski definition) is 0. The van der Waals surface area contributed by atoms with Crippen molar-refractivity contribution < 1.29 is 31.8 Å². The summed E-state index contributed by atoms with van der Waals surface area (Å²) in [5.41, 5.74) is 8.34. The number of aryl methyl sites for hydroxylation is 1. The molecule has 0 unspecified atom stereocenters. The first-order valence-electron chi connectivity index (χ1n) is 21.3. The zero-order valence-corrected chi connectivity index (χ0v) is 36.2. The lowest BCUT2D eigenvalue weighted by Gasteiger charge is -2.28. The van der Waals surface area contributed by atoms with E-state index in [2.05, 4.69) is 18.2 Å². The first-order chi connectivity index (χ1) is 30.0. The average Bonchev–Trinajstić information content (AvgIpc) is 3.33. The molecule has 0 saturated heterocycles. The average molecular weight is 842 g/mol. The van der Waals surface area contributed by atoms with Crippen LogP contribution in [0.3, 0.4) is 0 Å². The van der Waals surface area contributed by atoms with Crippen molar-refractivity contribution in [2.24, 2.45) is 0 Å². The van der Waals surface area contributed by atoms with Gasteiger partial charge in [-0.3, -0.25) is 0 Å². The molecule has 8 rings (SSSR count). The second-order valence-corrected chi connectivity index (χ2v) is 16.2. The molecule has 322 valence electrons. The third-order valence-electron chi connectivity index (χ3n) is 12.4. The minimum absolute atomic E-state index is 0.0697. The summed E-state index contributed by atoms with van der Waals surface area (Å²) in [4.78, 5) is 0. The van der Waals surface area contributed by atoms with Crippen molar-refractivity contribution in [2.45, 2.75) is 89.3 Å². The molecule has 2 saturated carbocycles. The van der Waals surface area contributed by atoms with Gasteiger partial charge in [-0.05, 0) is 158 Å². The number of benzene rings is 6. The van der Waals surface area contributed by atoms with E-state index in [-0.39, 0.29) is 5.56 Å². The van der Waals surface area contributed by atoms with Crippen LogP contribution in [0.25, 0.3) is 33.4 Å². The van der Waals surface area contributed by atoms with Crippen LogP contribution in [0.1, 0.15) is 91.0 Å². The van der Waals surface area contributed by atoms with Gasteiger partial charge in [-0.1, -0.05) is 84.9 Å². The minimum Gasteiger partial charge on any atom is -0.497 e. The zero-order valence-electron chi connectivity index (χ0n) is 36.2. The molecule has 4 nitrogen and oxygen atoms in total. The van der Waals surface area contributed by atoms with Crippen LogP contribution in [-0.2, 0) is 9.47 Å². The molecule has 0 aliphatic heterocycles. The van der Waals surface area contributed by atoms with Gasteiger partial charge in [-0.25, -0.2) is 17.6 Å². The lowest BCUT2D eigenvalue weighted by atomic mass is 9.82. The molecule has 6 aromatic rings. The van der Waals surface area contributed by atoms with E-state index in [1.165, 1.54) is 30.2 Å². The maximum Gasteiger partial charge on any atom is 0.166 e. The predicted octanol–water partition coefficient (Wildman–Crippen LogP) is 14.5. The normalized spacial score (nSPS) is 18.3. The summed E-state index contributed by atoms with van der Waals surface area (Å²) in [7, 11) is 5.20. The molecule has 0 heterocycles. The lowest BCUT2D eigenvalue weighted by Crippen LogP contribution is -2.19. The maximum atomic E-state index is 14.1. The van der Waals surface area contributed by atoms with Gasteiger partial charge in [-0.2, -0.15) is 5.26 Å². The molecule has 8 heteroatoms. The minimum atomic E-state index is -0.765. The van der Waals surface area contributed by atoms with Crippen molar-refractivity contribution in [3.8, 4) is 45.2 Å². The van der Waals surface area contributed by atoms with E-state index in [0.29, 0.717) is 46.3 Å². The van der Waals surface area contributed by atoms with Crippen LogP contribution < -0.4 is 4.74 Å². The number of nitriles is 1. The molecule has 2 aliphatic rings. The number of nitrogens with zero attached hydrogens (tertiary/aromatic N) is 1. The summed E-state index contributed by atoms with van der Waals surface area (Å²) < 4.78 is 71.2. The Labute approximate surface area is 364 Å². The Morgan fingerprint density at radius 2 is 0.903 bits per heavy atom. The molecule has 0 amide bonds. The van der Waals surface area contributed by atoms with Crippen LogP contribution in [0.4, 0.5) is 17.6 Å². The first kappa shape index (κ1) is 45.8. The molecule has 0 radical (unpaired) electrons. The third kappa shape index (κ3) is 11.6. The number of rotatable bonds is 8. The van der Waals surface area contributed by atoms with Gasteiger partial charge in [0.2, 0.25) is 0 Å². The highest BCUT2D eigenvalue weighted by Gasteiger charge is 2.23. The van der Waals surface area contributed by atoms with Gasteiger partial charge < -0.3 is 14.2 Å². The van der Waals surface area contributed by atoms with Crippen molar-refractivity contribution in [3.05, 3.63) is 172 Å². The first-order valence-corrected chi connectivity index (χ1v) is 21.3. The monoisotopic (exact) mass is 841 g/mol. The molecule has 2 fully saturated rings. The molecule has 0 bridgehead atoms. The second-order valence-electron chi connectivity index (χ2n) is 16.2. The quantitative estimate of drug-likeness (QED) is 0.143. The van der Waals surface area contributed by atoms with E-state index in [4.69, 9.17) is 19.5 Å². The van der Waals surface area contributed by atoms with Crippen molar-refractivity contribution in [1.29, 1.82) is 5.26 Å². The Balaban J connectivity index is 0.000000158. The fraction of sp³-hybridized carbons (Fsp3) is 0.315. The van der Waals surface area contributed by atoms with E-state index in [1.54, 1.807) is 40.4 Å². The molecule has 0 spiro atoms. The summed E-state index contributed by atoms with van der Waals surface area (Å²) in [5, 5.41) is 8.70. The van der Waals surface area contributed by atoms with Crippen LogP contribution in [0.15, 0.2) is 121 Å². The van der Waals surface area contributed by atoms with Crippen LogP contribution in [0.5, 0.6) is 5.75 Å². The van der Waals surface area contributed by atoms with Gasteiger partial charge in [0.05, 0.1) is 31.0 Å². The fourth-order valence-electron chi connectivity index (χ4n) is 8.35. The molecule has 2 aliphatic carbocycles. The van der Waals surface area contributed by atoms with Gasteiger partial charge in [0, 0.05) is 25.3 Å². The standard InChI is InChI=1S/2C20H22F2O.C14H11NO/c1-13-3-12-18(20(22)19(13)21)16-6-4-14(5-7-16)15-8-10-17(23-2)11-9-15;1-13-19(21)11-17(12-20(13)22)16-5-3-14(4-6-16)15-7-9-18(23-2)10-8-15;1-16-14-8-6-13(7-9-14)12-4-2-11(10-15)3-5-12/h3-7,12,15,17H,8-11H2,1-2H3;3-6,11-12,15,18H,7-10H2,1-2H3;2-9H,1H3. The molecule has 62 heavy (non-hydrogen) atoms. The number of halogens is 4. The summed E-state index contributed by atoms with van der Waals surface area (Å²) in [5.74, 6) is -0.582. The molecule has 0 N–H and O–H groups in total. The maximum absolute atomic E-state index is 14.1. The van der Waals surface area contributed by atoms with Crippen LogP contribution in [0, 0.1) is 48.4 Å².